The average Bonchev–Trinajstić information content (AvgIpc) is 0.785. The van der Waals surface area contributed by atoms with Crippen LogP contribution in [0.2, 0.25) is 0 Å². The van der Waals surface area contributed by atoms with E-state index in [1.54, 1.807) is 6.92 Å². The van der Waals surface area contributed by atoms with Crippen molar-refractivity contribution in [1.29, 1.82) is 0 Å². The number of aliphatic carboxylic acids is 1. The maximum absolute atomic E-state index is 12.4. The number of unbranched alkanes of at least 4 members (excludes halogenated alkanes) is 10. The molecule has 3 aromatic carbocycles. The molecule has 6 heterocycles. The quantitative estimate of drug-likeness (QED) is 0.0215. The van der Waals surface area contributed by atoms with Gasteiger partial charge in [0.2, 0.25) is 0 Å². The summed E-state index contributed by atoms with van der Waals surface area (Å²) in [6.45, 7) is 18.4. The molecular weight excluding hydrogens is 1160 g/mol. The highest BCUT2D eigenvalue weighted by molar-refractivity contribution is 5.86. The lowest BCUT2D eigenvalue weighted by Gasteiger charge is -2.28. The average molecular weight is 1250 g/mol. The van der Waals surface area contributed by atoms with Gasteiger partial charge in [-0.3, -0.25) is 38.7 Å². The number of aromatic nitrogens is 10. The Morgan fingerprint density at radius 1 is 0.538 bits per heavy atom. The number of benzene rings is 3. The zero-order chi connectivity index (χ0) is 66.1. The maximum atomic E-state index is 12.4. The summed E-state index contributed by atoms with van der Waals surface area (Å²) >= 11 is 0. The molecule has 5 aliphatic heterocycles. The molecule has 0 saturated carbocycles. The van der Waals surface area contributed by atoms with Crippen molar-refractivity contribution in [3.8, 4) is 23.0 Å². The van der Waals surface area contributed by atoms with E-state index in [0.717, 1.165) is 140 Å². The number of hydrogen-bond acceptors (Lipinski definition) is 19. The smallest absolute Gasteiger partial charge is 0.349 e. The number of carboxylic acids is 1. The highest BCUT2D eigenvalue weighted by Gasteiger charge is 2.25. The normalized spacial score (nSPS) is 11.6. The molecule has 0 amide bonds. The van der Waals surface area contributed by atoms with Crippen molar-refractivity contribution < 1.29 is 29.0 Å². The van der Waals surface area contributed by atoms with Gasteiger partial charge in [-0.05, 0) is 138 Å². The molecule has 0 unspecified atom stereocenters. The van der Waals surface area contributed by atoms with Gasteiger partial charge in [0.1, 0.15) is 5.48 Å². The molecule has 1 aromatic heterocycles. The first-order valence-electron chi connectivity index (χ1n) is 31.3. The van der Waals surface area contributed by atoms with Gasteiger partial charge >= 0.3 is 29.3 Å². The van der Waals surface area contributed by atoms with Gasteiger partial charge in [-0.1, -0.05) is 58.4 Å². The second-order valence-corrected chi connectivity index (χ2v) is 23.3. The minimum atomic E-state index is -0.757. The van der Waals surface area contributed by atoms with Crippen LogP contribution in [0, 0.1) is 27.7 Å². The fourth-order valence-electron chi connectivity index (χ4n) is 10.9. The molecule has 0 aliphatic carbocycles. The first-order valence-corrected chi connectivity index (χ1v) is 31.3. The molecule has 0 atom stereocenters. The summed E-state index contributed by atoms with van der Waals surface area (Å²) in [4.78, 5) is 134. The van der Waals surface area contributed by atoms with Crippen molar-refractivity contribution in [1.82, 2.24) is 49.0 Å². The number of ether oxygens (including phenoxy) is 2. The summed E-state index contributed by atoms with van der Waals surface area (Å²) in [6, 6.07) is 12.0. The minimum Gasteiger partial charge on any atom is -0.481 e. The number of aromatic amines is 3. The van der Waals surface area contributed by atoms with E-state index >= 15 is 0 Å². The number of carbonyl (C=O) groups excluding carboxylic acids is 2. The predicted molar refractivity (Wildman–Crippen MR) is 353 cm³/mol. The second kappa shape index (κ2) is 32.4. The van der Waals surface area contributed by atoms with Crippen LogP contribution in [0.3, 0.4) is 0 Å². The Hall–Kier alpha value is -9.42. The Labute approximate surface area is 527 Å². The van der Waals surface area contributed by atoms with E-state index in [1.165, 1.54) is 0 Å². The first kappa shape index (κ1) is 69.1. The van der Waals surface area contributed by atoms with Gasteiger partial charge in [0, 0.05) is 78.5 Å². The number of nitrogens with zero attached hydrogens (tertiary/aromatic N) is 11. The van der Waals surface area contributed by atoms with E-state index in [2.05, 4.69) is 64.4 Å². The molecule has 25 heteroatoms. The summed E-state index contributed by atoms with van der Waals surface area (Å²) in [5.41, 5.74) is 9.07. The number of anilines is 4. The summed E-state index contributed by atoms with van der Waals surface area (Å²) in [6.07, 6.45) is 13.1. The molecule has 0 radical (unpaired) electrons. The van der Waals surface area contributed by atoms with E-state index < -0.39 is 28.5 Å². The van der Waals surface area contributed by atoms with Crippen LogP contribution in [0.5, 0.6) is 0 Å². The number of carboxylic acid groups (broad SMARTS) is 1. The Bertz CT molecular complexity index is 4260. The molecule has 0 bridgehead atoms. The van der Waals surface area contributed by atoms with Crippen molar-refractivity contribution in [2.24, 2.45) is 4.99 Å². The number of nitrogens with one attached hydrogen (secondary N) is 3. The third-order valence-corrected chi connectivity index (χ3v) is 15.7. The van der Waals surface area contributed by atoms with Gasteiger partial charge in [0.05, 0.1) is 46.7 Å². The standard InChI is InChI=1S/C24H33N5O4.C22H29N5O4.C20H24N4O3/c1-5-6-13-33-20(30)11-9-7-8-10-12-29-19-15-18(28(3)4)16(2)14-17(19)25-21-22(29)26-24(32)27-23(21)31;1-5-31-18(28)10-8-6-7-9-11-27-17-13-16(26(3)4)14(2)12-15(17)23-19-20(27)24-22(30)25-21(19)29;1-12-10-15-16(11-13(12)2)24(9-7-5-4-6-8-17(25)26)19-18(23-15)20(27)22-14(3)21-19/h14-15H,5-13H2,1-4H3,(H,27,31,32);12-13H,5-11H2,1-4H3,(H,25,29,30);10-11H,3-9H2,1-2H3,(H,22,27)(H,25,26). The van der Waals surface area contributed by atoms with Crippen molar-refractivity contribution in [2.75, 3.05) is 62.6 Å². The number of fused-ring (bicyclic) bond motifs is 6. The highest BCUT2D eigenvalue weighted by Crippen LogP contribution is 2.37. The molecule has 4 N–H and O–H groups in total. The van der Waals surface area contributed by atoms with Crippen LogP contribution in [-0.2, 0) is 36.9 Å². The number of carbonyl (C=O) groups is 3. The second-order valence-electron chi connectivity index (χ2n) is 23.3. The molecule has 4 aromatic rings. The van der Waals surface area contributed by atoms with E-state index in [4.69, 9.17) is 14.6 Å². The third kappa shape index (κ3) is 18.1. The fraction of sp³-hybridized carbons (Fsp3) is 0.485. The fourth-order valence-corrected chi connectivity index (χ4v) is 10.9. The van der Waals surface area contributed by atoms with E-state index in [0.29, 0.717) is 91.4 Å². The predicted octanol–water partition coefficient (Wildman–Crippen LogP) is 7.96. The Balaban J connectivity index is 0.000000195. The van der Waals surface area contributed by atoms with Gasteiger partial charge < -0.3 is 43.4 Å². The van der Waals surface area contributed by atoms with E-state index in [-0.39, 0.29) is 35.3 Å². The summed E-state index contributed by atoms with van der Waals surface area (Å²) in [5, 5.41) is 9.04. The number of aryl methyl sites for hydroxylation is 6. The van der Waals surface area contributed by atoms with Crippen LogP contribution >= 0.6 is 0 Å². The minimum absolute atomic E-state index is 0.137. The Kier molecular flexibility index (Phi) is 24.6. The lowest BCUT2D eigenvalue weighted by molar-refractivity contribution is -0.144. The summed E-state index contributed by atoms with van der Waals surface area (Å²) in [7, 11) is 7.88. The molecule has 25 nitrogen and oxygen atoms in total. The van der Waals surface area contributed by atoms with Crippen LogP contribution in [0.15, 0.2) is 65.4 Å². The molecule has 0 saturated heterocycles. The number of H-pyrrole nitrogens is 3. The Morgan fingerprint density at radius 3 is 1.49 bits per heavy atom. The summed E-state index contributed by atoms with van der Waals surface area (Å²) in [5.74, 6) is 0.0614. The van der Waals surface area contributed by atoms with Crippen LogP contribution in [-0.4, -0.2) is 120 Å². The largest absolute Gasteiger partial charge is 0.481 e. The van der Waals surface area contributed by atoms with E-state index in [9.17, 15) is 38.4 Å². The number of esters is 2. The number of rotatable bonds is 27. The topological polar surface area (TPSA) is 319 Å². The molecule has 9 rings (SSSR count). The maximum Gasteiger partial charge on any atom is 0.349 e. The lowest BCUT2D eigenvalue weighted by Crippen LogP contribution is -2.42. The molecule has 486 valence electrons. The zero-order valence-electron chi connectivity index (χ0n) is 54.2. The van der Waals surface area contributed by atoms with Gasteiger partial charge in [0.15, 0.2) is 34.2 Å². The van der Waals surface area contributed by atoms with Crippen LogP contribution in [0.4, 0.5) is 28.6 Å². The monoisotopic (exact) mass is 1250 g/mol. The molecular formula is C66H86N14O11. The molecule has 0 fully saturated rings. The number of hydrogen-bond donors (Lipinski definition) is 4. The first-order chi connectivity index (χ1) is 43.5. The lowest BCUT2D eigenvalue weighted by atomic mass is 10.1. The Morgan fingerprint density at radius 2 is 1.01 bits per heavy atom. The van der Waals surface area contributed by atoms with Crippen molar-refractivity contribution in [2.45, 2.75) is 164 Å². The zero-order valence-corrected chi connectivity index (χ0v) is 54.2. The van der Waals surface area contributed by atoms with Crippen LogP contribution < -0.4 is 53.6 Å². The van der Waals surface area contributed by atoms with Gasteiger partial charge in [-0.2, -0.15) is 9.97 Å². The molecule has 0 spiro atoms. The van der Waals surface area contributed by atoms with Crippen molar-refractivity contribution in [3.63, 3.8) is 0 Å². The third-order valence-electron chi connectivity index (χ3n) is 15.7. The van der Waals surface area contributed by atoms with Crippen molar-refractivity contribution in [3.05, 3.63) is 122 Å². The van der Waals surface area contributed by atoms with Crippen molar-refractivity contribution >= 4 is 75.1 Å². The SMILES string of the molecule is C=c1nc2c(c(=O)[nH]1)=Nc1cc(C)c(C)cc1N2CCCCCCC(=O)O.CCCCOC(=O)CCCCCCn1c2nc(=O)[nH]c(=O)c-2nc2cc(C)c(N(C)C)cc21.CCOC(=O)CCCCCCn1c2nc(=O)[nH]c(=O)c-2nc2cc(C)c(N(C)C)cc21. The van der Waals surface area contributed by atoms with Gasteiger partial charge in [0.25, 0.3) is 16.7 Å². The van der Waals surface area contributed by atoms with Gasteiger partial charge in [-0.25, -0.2) is 29.5 Å². The highest BCUT2D eigenvalue weighted by atomic mass is 16.5. The molecule has 5 aliphatic rings. The van der Waals surface area contributed by atoms with E-state index in [1.807, 2.05) is 110 Å². The van der Waals surface area contributed by atoms with Crippen LogP contribution in [0.25, 0.3) is 51.7 Å². The molecule has 91 heavy (non-hydrogen) atoms. The summed E-state index contributed by atoms with van der Waals surface area (Å²) < 4.78 is 14.0. The van der Waals surface area contributed by atoms with Crippen LogP contribution in [0.1, 0.15) is 145 Å². The van der Waals surface area contributed by atoms with Gasteiger partial charge in [-0.15, -0.1) is 0 Å².